The van der Waals surface area contributed by atoms with Crippen molar-refractivity contribution in [2.45, 2.75) is 6.92 Å². The molecule has 0 saturated heterocycles. The summed E-state index contributed by atoms with van der Waals surface area (Å²) >= 11 is 7.19. The van der Waals surface area contributed by atoms with Crippen LogP contribution < -0.4 is 20.1 Å². The predicted molar refractivity (Wildman–Crippen MR) is 162 cm³/mol. The van der Waals surface area contributed by atoms with Crippen molar-refractivity contribution in [3.63, 3.8) is 0 Å². The minimum atomic E-state index is -0.699. The number of nitriles is 1. The summed E-state index contributed by atoms with van der Waals surface area (Å²) in [5, 5.41) is 13.0. The van der Waals surface area contributed by atoms with Crippen LogP contribution in [-0.4, -0.2) is 23.1 Å². The van der Waals surface area contributed by atoms with Crippen LogP contribution >= 0.6 is 22.9 Å². The van der Waals surface area contributed by atoms with Crippen molar-refractivity contribution in [2.24, 2.45) is 0 Å². The van der Waals surface area contributed by atoms with E-state index in [1.165, 1.54) is 4.57 Å². The first kappa shape index (κ1) is 28.4. The Labute approximate surface area is 249 Å². The molecule has 0 atom stereocenters. The Balaban J connectivity index is 1.58. The highest BCUT2D eigenvalue weighted by Gasteiger charge is 2.18. The molecule has 0 aliphatic carbocycles. The number of carbonyl (C=O) groups excluding carboxylic acids is 2. The van der Waals surface area contributed by atoms with Crippen LogP contribution in [0.25, 0.3) is 28.7 Å². The number of thiazole rings is 1. The van der Waals surface area contributed by atoms with Crippen molar-refractivity contribution in [3.8, 4) is 23.1 Å². The second-order valence-corrected chi connectivity index (χ2v) is 10.3. The van der Waals surface area contributed by atoms with Gasteiger partial charge in [-0.15, -0.1) is 11.3 Å². The standard InChI is InChI=1S/C32H22ClN3O5S/c1-2-40-32(39)21-14-12-20(13-15-21)27-17-16-23(41-27)18-28-30(38)36(22-8-4-3-5-9-22)31(42-28)24(19-34)29(37)35-26-11-7-6-10-25(26)33/h3-18H,2H2,1H3,(H,35,37)/b28-18+,31-24-. The zero-order valence-electron chi connectivity index (χ0n) is 22.2. The monoisotopic (exact) mass is 595 g/mol. The maximum atomic E-state index is 13.7. The van der Waals surface area contributed by atoms with Crippen LogP contribution in [0, 0.1) is 11.3 Å². The van der Waals surface area contributed by atoms with E-state index in [-0.39, 0.29) is 21.4 Å². The molecular weight excluding hydrogens is 574 g/mol. The van der Waals surface area contributed by atoms with Crippen molar-refractivity contribution in [1.29, 1.82) is 5.26 Å². The third-order valence-electron chi connectivity index (χ3n) is 6.09. The quantitative estimate of drug-likeness (QED) is 0.261. The van der Waals surface area contributed by atoms with Crippen molar-refractivity contribution < 1.29 is 18.7 Å². The summed E-state index contributed by atoms with van der Waals surface area (Å²) in [5.41, 5.74) is 1.32. The molecule has 2 heterocycles. The van der Waals surface area contributed by atoms with Gasteiger partial charge in [0.05, 0.1) is 33.1 Å². The molecule has 208 valence electrons. The lowest BCUT2D eigenvalue weighted by Crippen LogP contribution is -2.32. The van der Waals surface area contributed by atoms with Crippen LogP contribution in [-0.2, 0) is 9.53 Å². The molecule has 0 aliphatic rings. The Morgan fingerprint density at radius 3 is 2.43 bits per heavy atom. The van der Waals surface area contributed by atoms with Gasteiger partial charge in [0.15, 0.2) is 5.57 Å². The number of rotatable bonds is 7. The fourth-order valence-corrected chi connectivity index (χ4v) is 5.37. The molecule has 0 fully saturated rings. The predicted octanol–water partition coefficient (Wildman–Crippen LogP) is 5.13. The molecule has 5 rings (SSSR count). The molecule has 0 saturated carbocycles. The Morgan fingerprint density at radius 1 is 1.02 bits per heavy atom. The van der Waals surface area contributed by atoms with E-state index >= 15 is 0 Å². The molecule has 8 nitrogen and oxygen atoms in total. The Kier molecular flexibility index (Phi) is 8.48. The number of carbonyl (C=O) groups is 2. The lowest BCUT2D eigenvalue weighted by molar-refractivity contribution is -0.111. The number of nitrogens with zero attached hydrogens (tertiary/aromatic N) is 2. The molecule has 2 aromatic heterocycles. The molecular formula is C32H22ClN3O5S. The summed E-state index contributed by atoms with van der Waals surface area (Å²) in [6.45, 7) is 2.03. The number of halogens is 1. The molecule has 10 heteroatoms. The summed E-state index contributed by atoms with van der Waals surface area (Å²) < 4.78 is 12.7. The summed E-state index contributed by atoms with van der Waals surface area (Å²) in [4.78, 5) is 38.8. The SMILES string of the molecule is CCOC(=O)c1ccc(-c2ccc(/C=c3/s/c(=C(/C#N)C(=O)Nc4ccccc4Cl)n(-c4ccccc4)c3=O)o2)cc1. The van der Waals surface area contributed by atoms with Gasteiger partial charge in [-0.1, -0.05) is 54.1 Å². The molecule has 3 aromatic carbocycles. The second kappa shape index (κ2) is 12.6. The fraction of sp³-hybridized carbons (Fsp3) is 0.0625. The molecule has 0 radical (unpaired) electrons. The van der Waals surface area contributed by atoms with E-state index in [4.69, 9.17) is 20.8 Å². The normalized spacial score (nSPS) is 12.0. The number of nitrogens with one attached hydrogen (secondary N) is 1. The first-order valence-corrected chi connectivity index (χ1v) is 14.0. The van der Waals surface area contributed by atoms with Gasteiger partial charge in [0.2, 0.25) is 0 Å². The minimum Gasteiger partial charge on any atom is -0.462 e. The topological polar surface area (TPSA) is 114 Å². The van der Waals surface area contributed by atoms with E-state index in [0.29, 0.717) is 33.5 Å². The van der Waals surface area contributed by atoms with Crippen molar-refractivity contribution >= 4 is 52.2 Å². The van der Waals surface area contributed by atoms with Gasteiger partial charge >= 0.3 is 5.97 Å². The number of anilines is 1. The summed E-state index contributed by atoms with van der Waals surface area (Å²) in [6.07, 6.45) is 1.56. The fourth-order valence-electron chi connectivity index (χ4n) is 4.10. The first-order valence-electron chi connectivity index (χ1n) is 12.8. The zero-order chi connectivity index (χ0) is 29.6. The molecule has 1 N–H and O–H groups in total. The highest BCUT2D eigenvalue weighted by atomic mass is 35.5. The third-order valence-corrected chi connectivity index (χ3v) is 7.52. The number of hydrogen-bond donors (Lipinski definition) is 1. The molecule has 42 heavy (non-hydrogen) atoms. The summed E-state index contributed by atoms with van der Waals surface area (Å²) in [7, 11) is 0. The smallest absolute Gasteiger partial charge is 0.338 e. The Hall–Kier alpha value is -5.17. The van der Waals surface area contributed by atoms with Crippen LogP contribution in [0.5, 0.6) is 0 Å². The number of esters is 1. The second-order valence-electron chi connectivity index (χ2n) is 8.81. The summed E-state index contributed by atoms with van der Waals surface area (Å²) in [6, 6.07) is 27.6. The van der Waals surface area contributed by atoms with Crippen molar-refractivity contribution in [3.05, 3.63) is 127 Å². The van der Waals surface area contributed by atoms with E-state index in [0.717, 1.165) is 16.9 Å². The molecule has 5 aromatic rings. The first-order chi connectivity index (χ1) is 20.4. The van der Waals surface area contributed by atoms with Crippen LogP contribution in [0.3, 0.4) is 0 Å². The number of benzene rings is 3. The molecule has 0 spiro atoms. The van der Waals surface area contributed by atoms with Crippen molar-refractivity contribution in [2.75, 3.05) is 11.9 Å². The highest BCUT2D eigenvalue weighted by Crippen LogP contribution is 2.24. The molecule has 0 bridgehead atoms. The number of amides is 1. The number of para-hydroxylation sites is 2. The van der Waals surface area contributed by atoms with Gasteiger partial charge in [0.1, 0.15) is 22.3 Å². The van der Waals surface area contributed by atoms with Gasteiger partial charge in [-0.3, -0.25) is 14.2 Å². The highest BCUT2D eigenvalue weighted by molar-refractivity contribution is 7.07. The van der Waals surface area contributed by atoms with Gasteiger partial charge < -0.3 is 14.5 Å². The third kappa shape index (κ3) is 5.95. The minimum absolute atomic E-state index is 0.158. The number of aromatic nitrogens is 1. The van der Waals surface area contributed by atoms with E-state index in [1.807, 2.05) is 6.07 Å². The Bertz CT molecular complexity index is 2000. The molecule has 1 amide bonds. The number of ether oxygens (including phenoxy) is 1. The van der Waals surface area contributed by atoms with Gasteiger partial charge in [-0.05, 0) is 55.5 Å². The number of furan rings is 1. The largest absolute Gasteiger partial charge is 0.462 e. The van der Waals surface area contributed by atoms with Gasteiger partial charge in [0, 0.05) is 11.6 Å². The van der Waals surface area contributed by atoms with Crippen molar-refractivity contribution in [1.82, 2.24) is 4.57 Å². The Morgan fingerprint density at radius 2 is 1.74 bits per heavy atom. The summed E-state index contributed by atoms with van der Waals surface area (Å²) in [5.74, 6) is -0.187. The lowest BCUT2D eigenvalue weighted by Gasteiger charge is -2.07. The van der Waals surface area contributed by atoms with Gasteiger partial charge in [-0.2, -0.15) is 5.26 Å². The van der Waals surface area contributed by atoms with Crippen LogP contribution in [0.15, 0.2) is 100 Å². The molecule has 0 unspecified atom stereocenters. The van der Waals surface area contributed by atoms with E-state index < -0.39 is 17.4 Å². The lowest BCUT2D eigenvalue weighted by atomic mass is 10.1. The molecule has 0 aliphatic heterocycles. The van der Waals surface area contributed by atoms with Gasteiger partial charge in [0.25, 0.3) is 11.5 Å². The van der Waals surface area contributed by atoms with Crippen LogP contribution in [0.1, 0.15) is 23.0 Å². The van der Waals surface area contributed by atoms with E-state index in [1.54, 1.807) is 104 Å². The van der Waals surface area contributed by atoms with E-state index in [2.05, 4.69) is 5.32 Å². The maximum absolute atomic E-state index is 13.7. The van der Waals surface area contributed by atoms with E-state index in [9.17, 15) is 19.6 Å². The average Bonchev–Trinajstić information content (AvgIpc) is 3.60. The zero-order valence-corrected chi connectivity index (χ0v) is 23.7. The average molecular weight is 596 g/mol. The number of hydrogen-bond acceptors (Lipinski definition) is 7. The maximum Gasteiger partial charge on any atom is 0.338 e. The van der Waals surface area contributed by atoms with Gasteiger partial charge in [-0.25, -0.2) is 4.79 Å². The van der Waals surface area contributed by atoms with Crippen LogP contribution in [0.4, 0.5) is 5.69 Å². The van der Waals surface area contributed by atoms with Crippen LogP contribution in [0.2, 0.25) is 5.02 Å².